The van der Waals surface area contributed by atoms with Gasteiger partial charge in [-0.05, 0) is 31.2 Å². The second-order valence-corrected chi connectivity index (χ2v) is 5.22. The van der Waals surface area contributed by atoms with Crippen LogP contribution in [-0.2, 0) is 0 Å². The van der Waals surface area contributed by atoms with Crippen LogP contribution in [0, 0.1) is 5.41 Å². The summed E-state index contributed by atoms with van der Waals surface area (Å²) in [6, 6.07) is 0. The van der Waals surface area contributed by atoms with Crippen molar-refractivity contribution in [2.45, 2.75) is 52.9 Å². The number of halogens is 1. The maximum atomic E-state index is 5.69. The van der Waals surface area contributed by atoms with Gasteiger partial charge in [0.05, 0.1) is 0 Å². The van der Waals surface area contributed by atoms with Crippen molar-refractivity contribution in [1.82, 2.24) is 5.32 Å². The van der Waals surface area contributed by atoms with Crippen molar-refractivity contribution in [3.05, 3.63) is 0 Å². The summed E-state index contributed by atoms with van der Waals surface area (Å²) in [5.41, 5.74) is 0.404. The zero-order chi connectivity index (χ0) is 10.9. The number of alkyl halides is 1. The molecule has 86 valence electrons. The average Bonchev–Trinajstić information content (AvgIpc) is 2.15. The van der Waals surface area contributed by atoms with Gasteiger partial charge < -0.3 is 5.32 Å². The third-order valence-electron chi connectivity index (χ3n) is 2.55. The molecule has 0 atom stereocenters. The minimum Gasteiger partial charge on any atom is -0.316 e. The van der Waals surface area contributed by atoms with E-state index in [4.69, 9.17) is 11.6 Å². The van der Waals surface area contributed by atoms with Gasteiger partial charge in [-0.2, -0.15) is 0 Å². The number of hydrogen-bond acceptors (Lipinski definition) is 1. The van der Waals surface area contributed by atoms with Crippen LogP contribution < -0.4 is 5.32 Å². The molecule has 0 spiro atoms. The van der Waals surface area contributed by atoms with Gasteiger partial charge >= 0.3 is 0 Å². The molecular weight excluding hydrogens is 194 g/mol. The Morgan fingerprint density at radius 1 is 1.14 bits per heavy atom. The quantitative estimate of drug-likeness (QED) is 0.460. The molecule has 0 amide bonds. The van der Waals surface area contributed by atoms with Gasteiger partial charge in [-0.3, -0.25) is 0 Å². The van der Waals surface area contributed by atoms with Gasteiger partial charge in [-0.1, -0.05) is 33.6 Å². The SMILES string of the molecule is CCCCCNCC(C)(C)CCCCl. The second kappa shape index (κ2) is 8.55. The minimum atomic E-state index is 0.404. The molecule has 0 heterocycles. The van der Waals surface area contributed by atoms with E-state index in [0.29, 0.717) is 5.41 Å². The lowest BCUT2D eigenvalue weighted by Crippen LogP contribution is -2.30. The second-order valence-electron chi connectivity index (χ2n) is 4.84. The molecule has 0 bridgehead atoms. The van der Waals surface area contributed by atoms with Gasteiger partial charge in [0.15, 0.2) is 0 Å². The van der Waals surface area contributed by atoms with E-state index >= 15 is 0 Å². The van der Waals surface area contributed by atoms with Gasteiger partial charge in [0.25, 0.3) is 0 Å². The van der Waals surface area contributed by atoms with Crippen LogP contribution in [0.2, 0.25) is 0 Å². The van der Waals surface area contributed by atoms with E-state index in [0.717, 1.165) is 25.4 Å². The van der Waals surface area contributed by atoms with E-state index in [9.17, 15) is 0 Å². The summed E-state index contributed by atoms with van der Waals surface area (Å²) in [4.78, 5) is 0. The number of rotatable bonds is 9. The van der Waals surface area contributed by atoms with Gasteiger partial charge in [0.1, 0.15) is 0 Å². The van der Waals surface area contributed by atoms with Gasteiger partial charge in [-0.15, -0.1) is 11.6 Å². The predicted octanol–water partition coefficient (Wildman–Crippen LogP) is 3.81. The van der Waals surface area contributed by atoms with E-state index in [-0.39, 0.29) is 0 Å². The summed E-state index contributed by atoms with van der Waals surface area (Å²) in [5, 5.41) is 3.53. The lowest BCUT2D eigenvalue weighted by molar-refractivity contribution is 0.311. The fraction of sp³-hybridized carbons (Fsp3) is 1.00. The van der Waals surface area contributed by atoms with Gasteiger partial charge in [0.2, 0.25) is 0 Å². The molecule has 2 heteroatoms. The first-order chi connectivity index (χ1) is 6.62. The highest BCUT2D eigenvalue weighted by Crippen LogP contribution is 2.21. The molecule has 1 nitrogen and oxygen atoms in total. The highest BCUT2D eigenvalue weighted by Gasteiger charge is 2.15. The first-order valence-corrected chi connectivity index (χ1v) is 6.42. The first-order valence-electron chi connectivity index (χ1n) is 5.89. The van der Waals surface area contributed by atoms with E-state index in [2.05, 4.69) is 26.1 Å². The normalized spacial score (nSPS) is 12.0. The van der Waals surface area contributed by atoms with Crippen LogP contribution in [0.15, 0.2) is 0 Å². The van der Waals surface area contributed by atoms with Crippen LogP contribution in [0.5, 0.6) is 0 Å². The highest BCUT2D eigenvalue weighted by atomic mass is 35.5. The molecular formula is C12H26ClN. The fourth-order valence-electron chi connectivity index (χ4n) is 1.56. The molecule has 0 fully saturated rings. The van der Waals surface area contributed by atoms with Crippen molar-refractivity contribution >= 4 is 11.6 Å². The summed E-state index contributed by atoms with van der Waals surface area (Å²) in [6.45, 7) is 9.15. The van der Waals surface area contributed by atoms with Crippen LogP contribution in [0.3, 0.4) is 0 Å². The third kappa shape index (κ3) is 8.83. The van der Waals surface area contributed by atoms with E-state index < -0.39 is 0 Å². The zero-order valence-electron chi connectivity index (χ0n) is 10.0. The largest absolute Gasteiger partial charge is 0.316 e. The minimum absolute atomic E-state index is 0.404. The number of hydrogen-bond donors (Lipinski definition) is 1. The molecule has 0 aromatic heterocycles. The molecule has 14 heavy (non-hydrogen) atoms. The standard InChI is InChI=1S/C12H26ClN/c1-4-5-6-10-14-11-12(2,3)8-7-9-13/h14H,4-11H2,1-3H3. The summed E-state index contributed by atoms with van der Waals surface area (Å²) in [7, 11) is 0. The predicted molar refractivity (Wildman–Crippen MR) is 66.1 cm³/mol. The van der Waals surface area contributed by atoms with Crippen molar-refractivity contribution in [3.8, 4) is 0 Å². The summed E-state index contributed by atoms with van der Waals surface area (Å²) in [5.74, 6) is 0.791. The number of unbranched alkanes of at least 4 members (excludes halogenated alkanes) is 2. The Morgan fingerprint density at radius 2 is 1.86 bits per heavy atom. The number of nitrogens with one attached hydrogen (secondary N) is 1. The summed E-state index contributed by atoms with van der Waals surface area (Å²) >= 11 is 5.69. The maximum absolute atomic E-state index is 5.69. The van der Waals surface area contributed by atoms with Crippen molar-refractivity contribution in [3.63, 3.8) is 0 Å². The molecule has 0 rings (SSSR count). The molecule has 0 unspecified atom stereocenters. The van der Waals surface area contributed by atoms with Crippen LogP contribution in [0.4, 0.5) is 0 Å². The highest BCUT2D eigenvalue weighted by molar-refractivity contribution is 6.17. The van der Waals surface area contributed by atoms with Crippen LogP contribution in [0.1, 0.15) is 52.9 Å². The average molecular weight is 220 g/mol. The lowest BCUT2D eigenvalue weighted by atomic mass is 9.88. The Morgan fingerprint density at radius 3 is 2.43 bits per heavy atom. The van der Waals surface area contributed by atoms with Crippen molar-refractivity contribution < 1.29 is 0 Å². The lowest BCUT2D eigenvalue weighted by Gasteiger charge is -2.24. The molecule has 0 aromatic rings. The van der Waals surface area contributed by atoms with Crippen LogP contribution in [-0.4, -0.2) is 19.0 Å². The van der Waals surface area contributed by atoms with Crippen LogP contribution in [0.25, 0.3) is 0 Å². The smallest absolute Gasteiger partial charge is 0.0223 e. The molecule has 0 saturated carbocycles. The summed E-state index contributed by atoms with van der Waals surface area (Å²) < 4.78 is 0. The molecule has 1 N–H and O–H groups in total. The fourth-order valence-corrected chi connectivity index (χ4v) is 1.69. The van der Waals surface area contributed by atoms with E-state index in [1.54, 1.807) is 0 Å². The molecule has 0 aliphatic heterocycles. The summed E-state index contributed by atoms with van der Waals surface area (Å²) in [6.07, 6.45) is 6.30. The Bertz CT molecular complexity index is 123. The van der Waals surface area contributed by atoms with Crippen molar-refractivity contribution in [2.24, 2.45) is 5.41 Å². The zero-order valence-corrected chi connectivity index (χ0v) is 10.8. The Hall–Kier alpha value is 0.250. The topological polar surface area (TPSA) is 12.0 Å². The van der Waals surface area contributed by atoms with Gasteiger partial charge in [0, 0.05) is 12.4 Å². The monoisotopic (exact) mass is 219 g/mol. The Balaban J connectivity index is 3.35. The van der Waals surface area contributed by atoms with Crippen molar-refractivity contribution in [2.75, 3.05) is 19.0 Å². The third-order valence-corrected chi connectivity index (χ3v) is 2.82. The van der Waals surface area contributed by atoms with Crippen LogP contribution >= 0.6 is 11.6 Å². The Kier molecular flexibility index (Phi) is 8.70. The van der Waals surface area contributed by atoms with Gasteiger partial charge in [-0.25, -0.2) is 0 Å². The molecule has 0 saturated heterocycles. The molecule has 0 aromatic carbocycles. The molecule has 0 aliphatic carbocycles. The first kappa shape index (κ1) is 14.2. The Labute approximate surface area is 94.6 Å². The molecule has 0 radical (unpaired) electrons. The maximum Gasteiger partial charge on any atom is 0.0223 e. The van der Waals surface area contributed by atoms with Crippen molar-refractivity contribution in [1.29, 1.82) is 0 Å². The molecule has 0 aliphatic rings. The van der Waals surface area contributed by atoms with E-state index in [1.165, 1.54) is 25.7 Å². The van der Waals surface area contributed by atoms with E-state index in [1.807, 2.05) is 0 Å².